The fourth-order valence-electron chi connectivity index (χ4n) is 4.33. The Hall–Kier alpha value is -4.15. The molecule has 0 bridgehead atoms. The maximum absolute atomic E-state index is 12.5. The molecule has 172 valence electrons. The second kappa shape index (κ2) is 8.57. The Kier molecular flexibility index (Phi) is 5.24. The van der Waals surface area contributed by atoms with Crippen LogP contribution in [0.15, 0.2) is 97.1 Å². The van der Waals surface area contributed by atoms with Crippen molar-refractivity contribution in [3.63, 3.8) is 0 Å². The van der Waals surface area contributed by atoms with E-state index in [9.17, 15) is 4.79 Å². The van der Waals surface area contributed by atoms with Crippen molar-refractivity contribution in [3.05, 3.63) is 119 Å². The smallest absolute Gasteiger partial charge is 0.343 e. The monoisotopic (exact) mass is 460 g/mol. The summed E-state index contributed by atoms with van der Waals surface area (Å²) in [6.45, 7) is 4.06. The van der Waals surface area contributed by atoms with Crippen molar-refractivity contribution in [1.82, 2.24) is 0 Å². The van der Waals surface area contributed by atoms with Gasteiger partial charge in [-0.25, -0.2) is 4.79 Å². The lowest BCUT2D eigenvalue weighted by Gasteiger charge is -2.09. The highest BCUT2D eigenvalue weighted by molar-refractivity contribution is 6.08. The van der Waals surface area contributed by atoms with Crippen LogP contribution in [0.25, 0.3) is 21.5 Å². The first-order chi connectivity index (χ1) is 17.0. The highest BCUT2D eigenvalue weighted by Gasteiger charge is 2.42. The van der Waals surface area contributed by atoms with Crippen molar-refractivity contribution >= 4 is 27.5 Å². The van der Waals surface area contributed by atoms with Crippen molar-refractivity contribution in [1.29, 1.82) is 0 Å². The molecule has 1 saturated heterocycles. The first-order valence-electron chi connectivity index (χ1n) is 11.7. The van der Waals surface area contributed by atoms with Gasteiger partial charge in [0.2, 0.25) is 6.29 Å². The van der Waals surface area contributed by atoms with Gasteiger partial charge in [-0.05, 0) is 77.4 Å². The van der Waals surface area contributed by atoms with Gasteiger partial charge in [-0.1, -0.05) is 71.8 Å². The Morgan fingerprint density at radius 3 is 1.91 bits per heavy atom. The number of aryl methyl sites for hydroxylation is 2. The summed E-state index contributed by atoms with van der Waals surface area (Å²) in [5, 5.41) is 4.28. The molecule has 0 aromatic heterocycles. The number of esters is 1. The molecule has 5 aromatic rings. The Bertz CT molecular complexity index is 1550. The van der Waals surface area contributed by atoms with Crippen molar-refractivity contribution in [2.45, 2.75) is 26.2 Å². The zero-order valence-electron chi connectivity index (χ0n) is 19.5. The molecule has 2 unspecified atom stereocenters. The van der Waals surface area contributed by atoms with Crippen LogP contribution in [0.4, 0.5) is 0 Å². The summed E-state index contributed by atoms with van der Waals surface area (Å²) in [6.07, 6.45) is -0.287. The molecule has 35 heavy (non-hydrogen) atoms. The summed E-state index contributed by atoms with van der Waals surface area (Å²) in [7, 11) is 0. The van der Waals surface area contributed by atoms with Crippen LogP contribution in [0.2, 0.25) is 0 Å². The van der Waals surface area contributed by atoms with Crippen LogP contribution in [0.3, 0.4) is 0 Å². The highest BCUT2D eigenvalue weighted by atomic mass is 16.8. The molecule has 0 saturated carbocycles. The zero-order chi connectivity index (χ0) is 23.9. The fraction of sp³-hybridized carbons (Fsp3) is 0.129. The third kappa shape index (κ3) is 4.36. The topological polar surface area (TPSA) is 48.1 Å². The zero-order valence-corrected chi connectivity index (χ0v) is 19.5. The van der Waals surface area contributed by atoms with Gasteiger partial charge >= 0.3 is 5.97 Å². The first-order valence-corrected chi connectivity index (χ1v) is 11.7. The molecule has 5 aromatic carbocycles. The van der Waals surface area contributed by atoms with E-state index in [2.05, 4.69) is 43.3 Å². The van der Waals surface area contributed by atoms with Gasteiger partial charge in [-0.2, -0.15) is 0 Å². The van der Waals surface area contributed by atoms with E-state index in [1.54, 1.807) is 12.1 Å². The maximum Gasteiger partial charge on any atom is 0.343 e. The number of hydrogen-bond donors (Lipinski definition) is 0. The predicted octanol–water partition coefficient (Wildman–Crippen LogP) is 7.31. The number of fused-ring (bicyclic) bond motifs is 3. The maximum atomic E-state index is 12.5. The molecule has 0 aliphatic carbocycles. The predicted molar refractivity (Wildman–Crippen MR) is 137 cm³/mol. The molecule has 1 aliphatic rings. The summed E-state index contributed by atoms with van der Waals surface area (Å²) in [5.41, 5.74) is 3.99. The highest BCUT2D eigenvalue weighted by Crippen LogP contribution is 2.41. The van der Waals surface area contributed by atoms with E-state index in [0.29, 0.717) is 11.3 Å². The van der Waals surface area contributed by atoms with Gasteiger partial charge in [-0.15, -0.1) is 0 Å². The molecule has 1 fully saturated rings. The van der Waals surface area contributed by atoms with Crippen LogP contribution in [-0.2, 0) is 4.74 Å². The fourth-order valence-corrected chi connectivity index (χ4v) is 4.33. The van der Waals surface area contributed by atoms with Crippen molar-refractivity contribution in [2.24, 2.45) is 0 Å². The van der Waals surface area contributed by atoms with E-state index in [1.165, 1.54) is 5.56 Å². The minimum atomic E-state index is -0.363. The van der Waals surface area contributed by atoms with Gasteiger partial charge in [0, 0.05) is 0 Å². The van der Waals surface area contributed by atoms with Crippen molar-refractivity contribution in [2.75, 3.05) is 0 Å². The van der Waals surface area contributed by atoms with Gasteiger partial charge in [0.1, 0.15) is 17.6 Å². The van der Waals surface area contributed by atoms with Crippen molar-refractivity contribution in [3.8, 4) is 11.5 Å². The Balaban J connectivity index is 1.20. The van der Waals surface area contributed by atoms with E-state index in [0.717, 1.165) is 38.4 Å². The molecule has 0 N–H and O–H groups in total. The normalized spacial score (nSPS) is 16.9. The number of carbonyl (C=O) groups excluding carboxylic acids is 1. The Morgan fingerprint density at radius 2 is 1.26 bits per heavy atom. The number of ether oxygens (including phenoxy) is 3. The lowest BCUT2D eigenvalue weighted by Crippen LogP contribution is -2.08. The number of carbonyl (C=O) groups is 1. The van der Waals surface area contributed by atoms with E-state index in [4.69, 9.17) is 14.2 Å². The van der Waals surface area contributed by atoms with Crippen molar-refractivity contribution < 1.29 is 19.0 Å². The van der Waals surface area contributed by atoms with E-state index >= 15 is 0 Å². The molecule has 0 spiro atoms. The molecule has 0 amide bonds. The summed E-state index contributed by atoms with van der Waals surface area (Å²) in [4.78, 5) is 12.5. The molecule has 2 atom stereocenters. The molecule has 1 heterocycles. The minimum absolute atomic E-state index is 0.0241. The SMILES string of the molecule is Cc1ccc(C(=O)Oc2ccc3c(ccc4cc(OC5OC5c5ccc(C)cc5)ccc43)c2)cc1. The van der Waals surface area contributed by atoms with Crippen LogP contribution < -0.4 is 9.47 Å². The molecule has 0 radical (unpaired) electrons. The average Bonchev–Trinajstić information content (AvgIpc) is 3.63. The lowest BCUT2D eigenvalue weighted by atomic mass is 10.0. The quantitative estimate of drug-likeness (QED) is 0.119. The first kappa shape index (κ1) is 21.4. The molecule has 6 rings (SSSR count). The summed E-state index contributed by atoms with van der Waals surface area (Å²) in [5.74, 6) is 0.939. The summed E-state index contributed by atoms with van der Waals surface area (Å²) >= 11 is 0. The van der Waals surface area contributed by atoms with Crippen LogP contribution in [0.5, 0.6) is 11.5 Å². The van der Waals surface area contributed by atoms with E-state index in [-0.39, 0.29) is 18.4 Å². The number of rotatable bonds is 5. The minimum Gasteiger partial charge on any atom is -0.462 e. The molecule has 4 heteroatoms. The molecule has 4 nitrogen and oxygen atoms in total. The van der Waals surface area contributed by atoms with Crippen LogP contribution in [-0.4, -0.2) is 12.3 Å². The second-order valence-electron chi connectivity index (χ2n) is 9.04. The van der Waals surface area contributed by atoms with Crippen LogP contribution in [0, 0.1) is 13.8 Å². The van der Waals surface area contributed by atoms with Gasteiger partial charge in [0.05, 0.1) is 5.56 Å². The third-order valence-electron chi connectivity index (χ3n) is 6.39. The Morgan fingerprint density at radius 1 is 0.686 bits per heavy atom. The van der Waals surface area contributed by atoms with Gasteiger partial charge in [0.15, 0.2) is 0 Å². The molecular formula is C31H24O4. The largest absolute Gasteiger partial charge is 0.462 e. The second-order valence-corrected chi connectivity index (χ2v) is 9.04. The van der Waals surface area contributed by atoms with Gasteiger partial charge in [-0.3, -0.25) is 0 Å². The van der Waals surface area contributed by atoms with Gasteiger partial charge in [0.25, 0.3) is 0 Å². The lowest BCUT2D eigenvalue weighted by molar-refractivity contribution is 0.0735. The third-order valence-corrected chi connectivity index (χ3v) is 6.39. The van der Waals surface area contributed by atoms with Crippen LogP contribution >= 0.6 is 0 Å². The summed E-state index contributed by atoms with van der Waals surface area (Å²) < 4.78 is 17.4. The average molecular weight is 461 g/mol. The van der Waals surface area contributed by atoms with E-state index < -0.39 is 0 Å². The van der Waals surface area contributed by atoms with Crippen LogP contribution in [0.1, 0.15) is 33.2 Å². The van der Waals surface area contributed by atoms with E-state index in [1.807, 2.05) is 55.5 Å². The molecular weight excluding hydrogens is 436 g/mol. The van der Waals surface area contributed by atoms with Gasteiger partial charge < -0.3 is 14.2 Å². The summed E-state index contributed by atoms with van der Waals surface area (Å²) in [6, 6.07) is 31.6. The Labute approximate surface area is 203 Å². The number of hydrogen-bond acceptors (Lipinski definition) is 4. The standard InChI is InChI=1S/C31H24O4/c1-19-3-7-21(8-4-19)29-31(35-29)34-26-14-16-28-24(18-26)12-11-23-17-25(13-15-27(23)28)33-30(32)22-9-5-20(2)6-10-22/h3-18,29,31H,1-2H3. The number of epoxide rings is 1. The molecule has 1 aliphatic heterocycles. The number of benzene rings is 5.